The van der Waals surface area contributed by atoms with E-state index in [9.17, 15) is 8.42 Å². The highest BCUT2D eigenvalue weighted by Crippen LogP contribution is 2.19. The standard InChI is InChI=1S/C12H16N4O2S/c1-3-9-19(17,18)15-11-5-4-6-14-12(11)16-8-7-13-10(16)2/h4-8,15H,3,9H2,1-2H3. The zero-order valence-corrected chi connectivity index (χ0v) is 11.7. The lowest BCUT2D eigenvalue weighted by Gasteiger charge is -2.12. The topological polar surface area (TPSA) is 76.9 Å². The second-order valence-electron chi connectivity index (χ2n) is 4.14. The van der Waals surface area contributed by atoms with Gasteiger partial charge in [-0.15, -0.1) is 0 Å². The van der Waals surface area contributed by atoms with E-state index in [0.717, 1.165) is 5.82 Å². The van der Waals surface area contributed by atoms with E-state index in [2.05, 4.69) is 14.7 Å². The molecule has 102 valence electrons. The molecule has 0 saturated heterocycles. The number of hydrogen-bond acceptors (Lipinski definition) is 4. The van der Waals surface area contributed by atoms with Crippen LogP contribution in [0.1, 0.15) is 19.2 Å². The van der Waals surface area contributed by atoms with Crippen LogP contribution in [0, 0.1) is 6.92 Å². The van der Waals surface area contributed by atoms with Crippen LogP contribution in [-0.2, 0) is 10.0 Å². The van der Waals surface area contributed by atoms with Gasteiger partial charge in [0, 0.05) is 18.6 Å². The van der Waals surface area contributed by atoms with E-state index in [1.165, 1.54) is 0 Å². The molecule has 2 heterocycles. The summed E-state index contributed by atoms with van der Waals surface area (Å²) >= 11 is 0. The zero-order chi connectivity index (χ0) is 13.9. The molecule has 7 heteroatoms. The summed E-state index contributed by atoms with van der Waals surface area (Å²) < 4.78 is 28.0. The Kier molecular flexibility index (Phi) is 3.84. The van der Waals surface area contributed by atoms with Gasteiger partial charge in [-0.3, -0.25) is 9.29 Å². The first kappa shape index (κ1) is 13.5. The van der Waals surface area contributed by atoms with Gasteiger partial charge in [0.2, 0.25) is 10.0 Å². The van der Waals surface area contributed by atoms with Crippen molar-refractivity contribution < 1.29 is 8.42 Å². The third-order valence-electron chi connectivity index (χ3n) is 2.58. The summed E-state index contributed by atoms with van der Waals surface area (Å²) in [5.41, 5.74) is 0.456. The molecule has 0 aliphatic carbocycles. The van der Waals surface area contributed by atoms with Crippen LogP contribution in [0.25, 0.3) is 5.82 Å². The molecule has 0 fully saturated rings. The van der Waals surface area contributed by atoms with Gasteiger partial charge >= 0.3 is 0 Å². The van der Waals surface area contributed by atoms with Gasteiger partial charge < -0.3 is 0 Å². The number of nitrogens with one attached hydrogen (secondary N) is 1. The number of sulfonamides is 1. The molecule has 6 nitrogen and oxygen atoms in total. The summed E-state index contributed by atoms with van der Waals surface area (Å²) in [6.07, 6.45) is 5.57. The van der Waals surface area contributed by atoms with Gasteiger partial charge in [0.05, 0.1) is 11.4 Å². The fourth-order valence-electron chi connectivity index (χ4n) is 1.76. The molecule has 1 N–H and O–H groups in total. The van der Waals surface area contributed by atoms with Crippen LogP contribution < -0.4 is 4.72 Å². The molecule has 2 rings (SSSR count). The van der Waals surface area contributed by atoms with Gasteiger partial charge in [0.25, 0.3) is 0 Å². The molecule has 0 unspecified atom stereocenters. The summed E-state index contributed by atoms with van der Waals surface area (Å²) in [5.74, 6) is 1.36. The van der Waals surface area contributed by atoms with E-state index in [1.807, 2.05) is 13.8 Å². The number of imidazole rings is 1. The highest BCUT2D eigenvalue weighted by Gasteiger charge is 2.14. The quantitative estimate of drug-likeness (QED) is 0.904. The van der Waals surface area contributed by atoms with Crippen molar-refractivity contribution in [3.05, 3.63) is 36.5 Å². The lowest BCUT2D eigenvalue weighted by molar-refractivity contribution is 0.600. The Balaban J connectivity index is 2.41. The van der Waals surface area contributed by atoms with Crippen molar-refractivity contribution in [1.82, 2.24) is 14.5 Å². The minimum absolute atomic E-state index is 0.0875. The second kappa shape index (κ2) is 5.40. The maximum atomic E-state index is 11.8. The summed E-state index contributed by atoms with van der Waals surface area (Å²) in [7, 11) is -3.33. The molecule has 0 aromatic carbocycles. The predicted octanol–water partition coefficient (Wildman–Crippen LogP) is 1.73. The predicted molar refractivity (Wildman–Crippen MR) is 73.8 cm³/mol. The van der Waals surface area contributed by atoms with Crippen LogP contribution in [0.2, 0.25) is 0 Å². The molecule has 0 amide bonds. The summed E-state index contributed by atoms with van der Waals surface area (Å²) in [6, 6.07) is 3.38. The Hall–Kier alpha value is -1.89. The number of pyridine rings is 1. The summed E-state index contributed by atoms with van der Waals surface area (Å²) in [4.78, 5) is 8.33. The first-order chi connectivity index (χ1) is 9.03. The van der Waals surface area contributed by atoms with Crippen molar-refractivity contribution >= 4 is 15.7 Å². The smallest absolute Gasteiger partial charge is 0.232 e. The SMILES string of the molecule is CCCS(=O)(=O)Nc1cccnc1-n1ccnc1C. The molecule has 0 radical (unpaired) electrons. The van der Waals surface area contributed by atoms with Crippen molar-refractivity contribution in [2.45, 2.75) is 20.3 Å². The lowest BCUT2D eigenvalue weighted by atomic mass is 10.4. The Morgan fingerprint density at radius 3 is 2.74 bits per heavy atom. The minimum Gasteiger partial charge on any atom is -0.286 e. The van der Waals surface area contributed by atoms with Crippen LogP contribution >= 0.6 is 0 Å². The first-order valence-corrected chi connectivity index (χ1v) is 7.64. The molecule has 0 saturated carbocycles. The van der Waals surface area contributed by atoms with Gasteiger partial charge in [-0.1, -0.05) is 6.92 Å². The highest BCUT2D eigenvalue weighted by molar-refractivity contribution is 7.92. The van der Waals surface area contributed by atoms with E-state index in [0.29, 0.717) is 17.9 Å². The van der Waals surface area contributed by atoms with Crippen LogP contribution in [0.4, 0.5) is 5.69 Å². The van der Waals surface area contributed by atoms with E-state index >= 15 is 0 Å². The molecule has 0 aliphatic heterocycles. The Morgan fingerprint density at radius 1 is 1.32 bits per heavy atom. The molecule has 0 aliphatic rings. The molecule has 0 spiro atoms. The van der Waals surface area contributed by atoms with Crippen molar-refractivity contribution in [3.63, 3.8) is 0 Å². The van der Waals surface area contributed by atoms with E-state index in [1.54, 1.807) is 35.3 Å². The molecule has 0 atom stereocenters. The monoisotopic (exact) mass is 280 g/mol. The van der Waals surface area contributed by atoms with Gasteiger partial charge in [0.1, 0.15) is 5.82 Å². The first-order valence-electron chi connectivity index (χ1n) is 5.99. The molecular weight excluding hydrogens is 264 g/mol. The number of aryl methyl sites for hydroxylation is 1. The van der Waals surface area contributed by atoms with Crippen LogP contribution in [0.15, 0.2) is 30.7 Å². The number of nitrogens with zero attached hydrogens (tertiary/aromatic N) is 3. The largest absolute Gasteiger partial charge is 0.286 e. The lowest BCUT2D eigenvalue weighted by Crippen LogP contribution is -2.18. The molecular formula is C12H16N4O2S. The van der Waals surface area contributed by atoms with E-state index in [-0.39, 0.29) is 5.75 Å². The van der Waals surface area contributed by atoms with E-state index < -0.39 is 10.0 Å². The van der Waals surface area contributed by atoms with Crippen LogP contribution in [0.5, 0.6) is 0 Å². The Morgan fingerprint density at radius 2 is 2.11 bits per heavy atom. The summed E-state index contributed by atoms with van der Waals surface area (Å²) in [5, 5.41) is 0. The molecule has 2 aromatic heterocycles. The van der Waals surface area contributed by atoms with Crippen molar-refractivity contribution in [3.8, 4) is 5.82 Å². The Bertz CT molecular complexity index is 664. The van der Waals surface area contributed by atoms with E-state index in [4.69, 9.17) is 0 Å². The van der Waals surface area contributed by atoms with Gasteiger partial charge in [-0.25, -0.2) is 18.4 Å². The van der Waals surface area contributed by atoms with Crippen molar-refractivity contribution in [2.75, 3.05) is 10.5 Å². The average Bonchev–Trinajstić information content (AvgIpc) is 2.75. The molecule has 0 bridgehead atoms. The van der Waals surface area contributed by atoms with Crippen molar-refractivity contribution in [2.24, 2.45) is 0 Å². The molecule has 19 heavy (non-hydrogen) atoms. The van der Waals surface area contributed by atoms with Crippen LogP contribution in [-0.4, -0.2) is 28.7 Å². The minimum atomic E-state index is -3.33. The van der Waals surface area contributed by atoms with Gasteiger partial charge in [-0.2, -0.15) is 0 Å². The normalized spacial score (nSPS) is 11.5. The second-order valence-corrected chi connectivity index (χ2v) is 5.98. The van der Waals surface area contributed by atoms with Gasteiger partial charge in [-0.05, 0) is 25.5 Å². The highest BCUT2D eigenvalue weighted by atomic mass is 32.2. The van der Waals surface area contributed by atoms with Crippen LogP contribution in [0.3, 0.4) is 0 Å². The maximum absolute atomic E-state index is 11.8. The number of anilines is 1. The summed E-state index contributed by atoms with van der Waals surface area (Å²) in [6.45, 7) is 3.66. The zero-order valence-electron chi connectivity index (χ0n) is 10.9. The number of hydrogen-bond donors (Lipinski definition) is 1. The van der Waals surface area contributed by atoms with Crippen molar-refractivity contribution in [1.29, 1.82) is 0 Å². The average molecular weight is 280 g/mol. The Labute approximate surface area is 112 Å². The molecule has 2 aromatic rings. The fourth-order valence-corrected chi connectivity index (χ4v) is 2.89. The third kappa shape index (κ3) is 3.11. The van der Waals surface area contributed by atoms with Gasteiger partial charge in [0.15, 0.2) is 5.82 Å². The third-order valence-corrected chi connectivity index (χ3v) is 4.06. The fraction of sp³-hybridized carbons (Fsp3) is 0.333. The number of aromatic nitrogens is 3. The maximum Gasteiger partial charge on any atom is 0.232 e. The number of rotatable bonds is 5.